The number of nitrogens with one attached hydrogen (secondary N) is 1. The Hall–Kier alpha value is -2.17. The van der Waals surface area contributed by atoms with Crippen molar-refractivity contribution in [2.45, 2.75) is 31.3 Å². The highest BCUT2D eigenvalue weighted by molar-refractivity contribution is 7.89. The quantitative estimate of drug-likeness (QED) is 0.739. The first kappa shape index (κ1) is 21.5. The molecule has 0 aliphatic carbocycles. The van der Waals surface area contributed by atoms with Gasteiger partial charge in [-0.25, -0.2) is 8.42 Å². The number of aryl methyl sites for hydroxylation is 1. The van der Waals surface area contributed by atoms with E-state index in [2.05, 4.69) is 10.2 Å². The van der Waals surface area contributed by atoms with Crippen molar-refractivity contribution in [3.05, 3.63) is 17.7 Å². The molecule has 1 aromatic rings. The number of fused-ring (bicyclic) bond motifs is 1. The summed E-state index contributed by atoms with van der Waals surface area (Å²) in [5, 5.41) is 2.75. The van der Waals surface area contributed by atoms with Crippen LogP contribution in [0.4, 0.5) is 5.69 Å². The van der Waals surface area contributed by atoms with E-state index in [1.165, 1.54) is 13.1 Å². The van der Waals surface area contributed by atoms with E-state index >= 15 is 0 Å². The topological polar surface area (TPSA) is 99.3 Å². The van der Waals surface area contributed by atoms with E-state index in [1.54, 1.807) is 17.9 Å². The Bertz CT molecular complexity index is 909. The molecule has 1 fully saturated rings. The van der Waals surface area contributed by atoms with Gasteiger partial charge in [-0.05, 0) is 32.0 Å². The zero-order chi connectivity index (χ0) is 21.3. The fourth-order valence-electron chi connectivity index (χ4n) is 3.43. The van der Waals surface area contributed by atoms with Crippen molar-refractivity contribution in [1.82, 2.24) is 14.1 Å². The molecular formula is C19H28N4O5S. The van der Waals surface area contributed by atoms with E-state index < -0.39 is 16.1 Å². The molecule has 2 heterocycles. The molecule has 0 radical (unpaired) electrons. The van der Waals surface area contributed by atoms with Gasteiger partial charge in [0, 0.05) is 39.3 Å². The molecule has 0 spiro atoms. The number of benzene rings is 1. The van der Waals surface area contributed by atoms with E-state index in [9.17, 15) is 18.0 Å². The summed E-state index contributed by atoms with van der Waals surface area (Å²) in [4.78, 5) is 28.4. The molecule has 2 aliphatic rings. The molecule has 2 aliphatic heterocycles. The summed E-state index contributed by atoms with van der Waals surface area (Å²) in [6.07, 6.45) is -0.182. The van der Waals surface area contributed by atoms with Gasteiger partial charge in [0.1, 0.15) is 5.75 Å². The summed E-state index contributed by atoms with van der Waals surface area (Å²) >= 11 is 0. The van der Waals surface area contributed by atoms with Crippen LogP contribution in [0, 0.1) is 6.92 Å². The van der Waals surface area contributed by atoms with Crippen LogP contribution in [-0.2, 0) is 19.6 Å². The predicted octanol–water partition coefficient (Wildman–Crippen LogP) is 0.499. The van der Waals surface area contributed by atoms with Crippen molar-refractivity contribution < 1.29 is 22.7 Å². The molecule has 9 nitrogen and oxygen atoms in total. The standard InChI is InChI=1S/C19H28N4O5S/c1-5-15-19(25)20-14-10-13(2)17(11-16(14)28-15)29(26,27)22(4)12-18(24)23-8-6-21(3)7-9-23/h10-11,15H,5-9,12H2,1-4H3,(H,20,25). The Labute approximate surface area is 171 Å². The van der Waals surface area contributed by atoms with Crippen LogP contribution >= 0.6 is 0 Å². The molecule has 0 saturated carbocycles. The van der Waals surface area contributed by atoms with Gasteiger partial charge >= 0.3 is 0 Å². The molecular weight excluding hydrogens is 396 g/mol. The third-order valence-corrected chi connectivity index (χ3v) is 7.31. The second kappa shape index (κ2) is 8.29. The number of rotatable bonds is 5. The van der Waals surface area contributed by atoms with Crippen molar-refractivity contribution in [3.63, 3.8) is 0 Å². The number of carbonyl (C=O) groups excluding carboxylic acids is 2. The van der Waals surface area contributed by atoms with Gasteiger partial charge in [0.2, 0.25) is 15.9 Å². The molecule has 29 heavy (non-hydrogen) atoms. The Morgan fingerprint density at radius 1 is 1.28 bits per heavy atom. The monoisotopic (exact) mass is 424 g/mol. The van der Waals surface area contributed by atoms with Gasteiger partial charge in [-0.15, -0.1) is 0 Å². The Balaban J connectivity index is 1.80. The molecule has 0 bridgehead atoms. The van der Waals surface area contributed by atoms with Crippen molar-refractivity contribution in [2.24, 2.45) is 0 Å². The smallest absolute Gasteiger partial charge is 0.265 e. The van der Waals surface area contributed by atoms with Crippen LogP contribution < -0.4 is 10.1 Å². The van der Waals surface area contributed by atoms with Gasteiger partial charge in [0.15, 0.2) is 6.10 Å². The zero-order valence-electron chi connectivity index (χ0n) is 17.3. The molecule has 0 aromatic heterocycles. The third-order valence-electron chi connectivity index (χ3n) is 5.37. The highest BCUT2D eigenvalue weighted by atomic mass is 32.2. The predicted molar refractivity (Wildman–Crippen MR) is 108 cm³/mol. The first-order valence-corrected chi connectivity index (χ1v) is 11.1. The van der Waals surface area contributed by atoms with Crippen LogP contribution in [0.1, 0.15) is 18.9 Å². The second-order valence-corrected chi connectivity index (χ2v) is 9.58. The van der Waals surface area contributed by atoms with Crippen LogP contribution in [-0.4, -0.2) is 87.3 Å². The summed E-state index contributed by atoms with van der Waals surface area (Å²) in [6.45, 7) is 5.97. The van der Waals surface area contributed by atoms with Gasteiger partial charge in [-0.3, -0.25) is 9.59 Å². The van der Waals surface area contributed by atoms with E-state index in [4.69, 9.17) is 4.74 Å². The van der Waals surface area contributed by atoms with E-state index in [0.29, 0.717) is 36.5 Å². The van der Waals surface area contributed by atoms with Crippen molar-refractivity contribution in [1.29, 1.82) is 0 Å². The van der Waals surface area contributed by atoms with E-state index in [-0.39, 0.29) is 23.3 Å². The number of piperazine rings is 1. The number of carbonyl (C=O) groups is 2. The van der Waals surface area contributed by atoms with Crippen LogP contribution in [0.2, 0.25) is 0 Å². The van der Waals surface area contributed by atoms with Gasteiger partial charge in [-0.1, -0.05) is 6.92 Å². The molecule has 10 heteroatoms. The van der Waals surface area contributed by atoms with E-state index in [1.807, 2.05) is 14.0 Å². The molecule has 3 rings (SSSR count). The van der Waals surface area contributed by atoms with Crippen molar-refractivity contribution >= 4 is 27.5 Å². The normalized spacial score (nSPS) is 20.2. The maximum atomic E-state index is 13.1. The highest BCUT2D eigenvalue weighted by Gasteiger charge is 2.32. The number of anilines is 1. The summed E-state index contributed by atoms with van der Waals surface area (Å²) in [5.74, 6) is -0.140. The number of amides is 2. The summed E-state index contributed by atoms with van der Waals surface area (Å²) in [6, 6.07) is 3.01. The lowest BCUT2D eigenvalue weighted by Gasteiger charge is -2.33. The molecule has 2 amide bonds. The lowest BCUT2D eigenvalue weighted by molar-refractivity contribution is -0.132. The highest BCUT2D eigenvalue weighted by Crippen LogP contribution is 2.35. The molecule has 1 atom stereocenters. The van der Waals surface area contributed by atoms with Crippen molar-refractivity contribution in [2.75, 3.05) is 52.1 Å². The largest absolute Gasteiger partial charge is 0.478 e. The van der Waals surface area contributed by atoms with Gasteiger partial charge in [0.05, 0.1) is 17.1 Å². The molecule has 160 valence electrons. The average molecular weight is 425 g/mol. The third kappa shape index (κ3) is 4.39. The van der Waals surface area contributed by atoms with Gasteiger partial charge in [0.25, 0.3) is 5.91 Å². The SMILES string of the molecule is CCC1Oc2cc(S(=O)(=O)N(C)CC(=O)N3CCN(C)CC3)c(C)cc2NC1=O. The first-order chi connectivity index (χ1) is 13.6. The molecule has 1 saturated heterocycles. The minimum atomic E-state index is -3.90. The van der Waals surface area contributed by atoms with E-state index in [0.717, 1.165) is 17.4 Å². The van der Waals surface area contributed by atoms with Gasteiger partial charge in [-0.2, -0.15) is 4.31 Å². The average Bonchev–Trinajstić information content (AvgIpc) is 2.67. The summed E-state index contributed by atoms with van der Waals surface area (Å²) in [7, 11) is -0.509. The Kier molecular flexibility index (Phi) is 6.16. The Morgan fingerprint density at radius 2 is 1.93 bits per heavy atom. The maximum absolute atomic E-state index is 13.1. The maximum Gasteiger partial charge on any atom is 0.265 e. The lowest BCUT2D eigenvalue weighted by Crippen LogP contribution is -2.50. The van der Waals surface area contributed by atoms with Crippen LogP contribution in [0.25, 0.3) is 0 Å². The van der Waals surface area contributed by atoms with Crippen molar-refractivity contribution in [3.8, 4) is 5.75 Å². The number of sulfonamides is 1. The molecule has 1 unspecified atom stereocenters. The molecule has 1 N–H and O–H groups in total. The number of hydrogen-bond donors (Lipinski definition) is 1. The number of hydrogen-bond acceptors (Lipinski definition) is 6. The minimum Gasteiger partial charge on any atom is -0.478 e. The summed E-state index contributed by atoms with van der Waals surface area (Å²) < 4.78 is 33.0. The fourth-order valence-corrected chi connectivity index (χ4v) is 4.77. The van der Waals surface area contributed by atoms with Crippen LogP contribution in [0.15, 0.2) is 17.0 Å². The first-order valence-electron chi connectivity index (χ1n) is 9.68. The Morgan fingerprint density at radius 3 is 2.55 bits per heavy atom. The van der Waals surface area contributed by atoms with Crippen LogP contribution in [0.5, 0.6) is 5.75 Å². The lowest BCUT2D eigenvalue weighted by atomic mass is 10.1. The van der Waals surface area contributed by atoms with Crippen LogP contribution in [0.3, 0.4) is 0 Å². The fraction of sp³-hybridized carbons (Fsp3) is 0.579. The van der Waals surface area contributed by atoms with Gasteiger partial charge < -0.3 is 19.9 Å². The second-order valence-electron chi connectivity index (χ2n) is 7.56. The number of ether oxygens (including phenoxy) is 1. The summed E-state index contributed by atoms with van der Waals surface area (Å²) in [5.41, 5.74) is 0.925. The molecule has 1 aromatic carbocycles. The number of nitrogens with zero attached hydrogens (tertiary/aromatic N) is 3. The minimum absolute atomic E-state index is 0.0657. The number of likely N-dealkylation sites (N-methyl/N-ethyl adjacent to an activating group) is 2. The zero-order valence-corrected chi connectivity index (χ0v) is 18.1.